The summed E-state index contributed by atoms with van der Waals surface area (Å²) in [5.74, 6) is 0.339. The lowest BCUT2D eigenvalue weighted by atomic mass is 10.1. The van der Waals surface area contributed by atoms with Gasteiger partial charge in [0, 0.05) is 37.8 Å². The molecule has 1 fully saturated rings. The summed E-state index contributed by atoms with van der Waals surface area (Å²) in [6.07, 6.45) is 4.88. The van der Waals surface area contributed by atoms with Crippen LogP contribution in [0.25, 0.3) is 0 Å². The number of unbranched alkanes of at least 4 members (excludes halogenated alkanes) is 1. The predicted octanol–water partition coefficient (Wildman–Crippen LogP) is 2.15. The minimum Gasteiger partial charge on any atom is -0.375 e. The molecule has 21 heavy (non-hydrogen) atoms. The van der Waals surface area contributed by atoms with E-state index in [9.17, 15) is 4.79 Å². The van der Waals surface area contributed by atoms with E-state index in [2.05, 4.69) is 41.5 Å². The monoisotopic (exact) mass is 289 g/mol. The molecule has 116 valence electrons. The van der Waals surface area contributed by atoms with Crippen molar-refractivity contribution in [3.05, 3.63) is 30.3 Å². The smallest absolute Gasteiger partial charge is 0.223 e. The van der Waals surface area contributed by atoms with Crippen LogP contribution in [0, 0.1) is 5.92 Å². The van der Waals surface area contributed by atoms with E-state index in [4.69, 9.17) is 5.73 Å². The molecule has 0 aliphatic heterocycles. The van der Waals surface area contributed by atoms with Gasteiger partial charge in [0.25, 0.3) is 0 Å². The number of rotatable bonds is 7. The Kier molecular flexibility index (Phi) is 6.05. The minimum atomic E-state index is 0.145. The van der Waals surface area contributed by atoms with Crippen LogP contribution in [-0.4, -0.2) is 32.1 Å². The third-order valence-electron chi connectivity index (χ3n) is 4.26. The highest BCUT2D eigenvalue weighted by atomic mass is 16.1. The molecular weight excluding hydrogens is 262 g/mol. The third-order valence-corrected chi connectivity index (χ3v) is 4.26. The van der Waals surface area contributed by atoms with Crippen molar-refractivity contribution >= 4 is 11.6 Å². The Hall–Kier alpha value is -1.55. The largest absolute Gasteiger partial charge is 0.375 e. The molecule has 2 unspecified atom stereocenters. The predicted molar refractivity (Wildman–Crippen MR) is 87.3 cm³/mol. The van der Waals surface area contributed by atoms with Crippen molar-refractivity contribution in [2.75, 3.05) is 25.0 Å². The number of benzene rings is 1. The lowest BCUT2D eigenvalue weighted by molar-refractivity contribution is -0.124. The van der Waals surface area contributed by atoms with Gasteiger partial charge in [-0.1, -0.05) is 18.2 Å². The van der Waals surface area contributed by atoms with E-state index >= 15 is 0 Å². The SMILES string of the molecule is CN(CCCCNC(=O)C1CCC(N)C1)c1ccccc1. The number of anilines is 1. The van der Waals surface area contributed by atoms with Gasteiger partial charge in [0.05, 0.1) is 0 Å². The van der Waals surface area contributed by atoms with Gasteiger partial charge >= 0.3 is 0 Å². The van der Waals surface area contributed by atoms with Crippen LogP contribution in [0.3, 0.4) is 0 Å². The van der Waals surface area contributed by atoms with Crippen LogP contribution in [-0.2, 0) is 4.79 Å². The highest BCUT2D eigenvalue weighted by Crippen LogP contribution is 2.23. The fourth-order valence-electron chi connectivity index (χ4n) is 2.90. The molecule has 0 bridgehead atoms. The van der Waals surface area contributed by atoms with Crippen molar-refractivity contribution in [3.63, 3.8) is 0 Å². The molecule has 1 aromatic carbocycles. The maximum atomic E-state index is 11.9. The van der Waals surface area contributed by atoms with Crippen molar-refractivity contribution in [1.29, 1.82) is 0 Å². The van der Waals surface area contributed by atoms with Crippen molar-refractivity contribution in [3.8, 4) is 0 Å². The summed E-state index contributed by atoms with van der Waals surface area (Å²) in [6, 6.07) is 10.6. The molecular formula is C17H27N3O. The fourth-order valence-corrected chi connectivity index (χ4v) is 2.90. The van der Waals surface area contributed by atoms with E-state index in [1.807, 2.05) is 6.07 Å². The molecule has 2 atom stereocenters. The highest BCUT2D eigenvalue weighted by Gasteiger charge is 2.27. The number of nitrogens with one attached hydrogen (secondary N) is 1. The second-order valence-electron chi connectivity index (χ2n) is 6.03. The maximum absolute atomic E-state index is 11.9. The van der Waals surface area contributed by atoms with Gasteiger partial charge in [-0.15, -0.1) is 0 Å². The second-order valence-corrected chi connectivity index (χ2v) is 6.03. The van der Waals surface area contributed by atoms with Gasteiger partial charge in [0.2, 0.25) is 5.91 Å². The first-order chi connectivity index (χ1) is 10.2. The van der Waals surface area contributed by atoms with E-state index in [0.717, 1.165) is 45.2 Å². The van der Waals surface area contributed by atoms with Crippen LogP contribution in [0.2, 0.25) is 0 Å². The Labute approximate surface area is 127 Å². The highest BCUT2D eigenvalue weighted by molar-refractivity contribution is 5.78. The van der Waals surface area contributed by atoms with E-state index in [1.165, 1.54) is 5.69 Å². The van der Waals surface area contributed by atoms with Gasteiger partial charge in [0.15, 0.2) is 0 Å². The van der Waals surface area contributed by atoms with Gasteiger partial charge < -0.3 is 16.0 Å². The molecule has 0 spiro atoms. The van der Waals surface area contributed by atoms with Crippen molar-refractivity contribution in [1.82, 2.24) is 5.32 Å². The molecule has 1 aliphatic rings. The van der Waals surface area contributed by atoms with Crippen molar-refractivity contribution in [2.45, 2.75) is 38.1 Å². The van der Waals surface area contributed by atoms with Gasteiger partial charge in [-0.2, -0.15) is 0 Å². The maximum Gasteiger partial charge on any atom is 0.223 e. The Morgan fingerprint density at radius 3 is 2.71 bits per heavy atom. The lowest BCUT2D eigenvalue weighted by Crippen LogP contribution is -2.31. The second kappa shape index (κ2) is 8.03. The van der Waals surface area contributed by atoms with Gasteiger partial charge in [-0.05, 0) is 44.2 Å². The third kappa shape index (κ3) is 5.05. The quantitative estimate of drug-likeness (QED) is 0.756. The number of amides is 1. The summed E-state index contributed by atoms with van der Waals surface area (Å²) in [5, 5.41) is 3.05. The van der Waals surface area contributed by atoms with Crippen LogP contribution in [0.4, 0.5) is 5.69 Å². The van der Waals surface area contributed by atoms with Gasteiger partial charge in [-0.3, -0.25) is 4.79 Å². The number of nitrogens with zero attached hydrogens (tertiary/aromatic N) is 1. The Morgan fingerprint density at radius 1 is 1.29 bits per heavy atom. The van der Waals surface area contributed by atoms with Crippen LogP contribution in [0.5, 0.6) is 0 Å². The first kappa shape index (κ1) is 15.8. The molecule has 2 rings (SSSR count). The number of hydrogen-bond acceptors (Lipinski definition) is 3. The molecule has 0 radical (unpaired) electrons. The lowest BCUT2D eigenvalue weighted by Gasteiger charge is -2.19. The molecule has 0 aromatic heterocycles. The van der Waals surface area contributed by atoms with Crippen LogP contribution < -0.4 is 16.0 Å². The van der Waals surface area contributed by atoms with Crippen LogP contribution in [0.15, 0.2) is 30.3 Å². The molecule has 4 heteroatoms. The first-order valence-corrected chi connectivity index (χ1v) is 7.96. The van der Waals surface area contributed by atoms with E-state index < -0.39 is 0 Å². The summed E-state index contributed by atoms with van der Waals surface area (Å²) in [5.41, 5.74) is 7.08. The zero-order valence-corrected chi connectivity index (χ0v) is 12.9. The molecule has 1 amide bonds. The minimum absolute atomic E-state index is 0.145. The van der Waals surface area contributed by atoms with E-state index in [-0.39, 0.29) is 17.9 Å². The average molecular weight is 289 g/mol. The van der Waals surface area contributed by atoms with Crippen LogP contribution in [0.1, 0.15) is 32.1 Å². The average Bonchev–Trinajstić information content (AvgIpc) is 2.94. The Morgan fingerprint density at radius 2 is 2.05 bits per heavy atom. The Balaban J connectivity index is 1.57. The molecule has 1 aromatic rings. The normalized spacial score (nSPS) is 21.2. The summed E-state index contributed by atoms with van der Waals surface area (Å²) in [6.45, 7) is 1.78. The summed E-state index contributed by atoms with van der Waals surface area (Å²) in [4.78, 5) is 14.2. The molecule has 1 saturated carbocycles. The number of nitrogens with two attached hydrogens (primary N) is 1. The number of carbonyl (C=O) groups excluding carboxylic acids is 1. The van der Waals surface area contributed by atoms with E-state index in [1.54, 1.807) is 0 Å². The number of carbonyl (C=O) groups is 1. The molecule has 0 heterocycles. The first-order valence-electron chi connectivity index (χ1n) is 7.96. The Bertz CT molecular complexity index is 435. The van der Waals surface area contributed by atoms with Gasteiger partial charge in [-0.25, -0.2) is 0 Å². The van der Waals surface area contributed by atoms with Crippen molar-refractivity contribution < 1.29 is 4.79 Å². The molecule has 1 aliphatic carbocycles. The number of para-hydroxylation sites is 1. The zero-order chi connectivity index (χ0) is 15.1. The molecule has 0 saturated heterocycles. The summed E-state index contributed by atoms with van der Waals surface area (Å²) in [7, 11) is 2.10. The molecule has 3 N–H and O–H groups in total. The summed E-state index contributed by atoms with van der Waals surface area (Å²) < 4.78 is 0. The van der Waals surface area contributed by atoms with Crippen molar-refractivity contribution in [2.24, 2.45) is 11.7 Å². The summed E-state index contributed by atoms with van der Waals surface area (Å²) >= 11 is 0. The standard InChI is InChI=1S/C17H27N3O/c1-20(16-7-3-2-4-8-16)12-6-5-11-19-17(21)14-9-10-15(18)13-14/h2-4,7-8,14-15H,5-6,9-13,18H2,1H3,(H,19,21). The zero-order valence-electron chi connectivity index (χ0n) is 12.9. The fraction of sp³-hybridized carbons (Fsp3) is 0.588. The molecule has 4 nitrogen and oxygen atoms in total. The van der Waals surface area contributed by atoms with E-state index in [0.29, 0.717) is 0 Å². The van der Waals surface area contributed by atoms with Gasteiger partial charge in [0.1, 0.15) is 0 Å². The van der Waals surface area contributed by atoms with Crippen LogP contribution >= 0.6 is 0 Å². The number of hydrogen-bond donors (Lipinski definition) is 2. The topological polar surface area (TPSA) is 58.4 Å².